The molecule has 1 aliphatic heterocycles. The lowest BCUT2D eigenvalue weighted by atomic mass is 10.2. The molecule has 0 bridgehead atoms. The highest BCUT2D eigenvalue weighted by molar-refractivity contribution is 5.91. The van der Waals surface area contributed by atoms with Crippen molar-refractivity contribution in [2.24, 2.45) is 7.05 Å². The Labute approximate surface area is 114 Å². The van der Waals surface area contributed by atoms with Gasteiger partial charge in [-0.1, -0.05) is 0 Å². The molecule has 96 valence electrons. The first kappa shape index (κ1) is 10.1. The number of nitrogens with zero attached hydrogens (tertiary/aromatic N) is 5. The van der Waals surface area contributed by atoms with Crippen LogP contribution in [0.5, 0.6) is 0 Å². The number of aromatic nitrogens is 5. The molecule has 0 saturated heterocycles. The van der Waals surface area contributed by atoms with Gasteiger partial charge in [-0.3, -0.25) is 9.97 Å². The van der Waals surface area contributed by atoms with Gasteiger partial charge in [0.05, 0.1) is 30.7 Å². The minimum atomic E-state index is 0.831. The third kappa shape index (κ3) is 1.02. The van der Waals surface area contributed by atoms with Crippen LogP contribution in [0.3, 0.4) is 0 Å². The molecule has 20 heavy (non-hydrogen) atoms. The van der Waals surface area contributed by atoms with Crippen LogP contribution in [0.25, 0.3) is 27.9 Å². The van der Waals surface area contributed by atoms with E-state index in [1.165, 1.54) is 22.4 Å². The van der Waals surface area contributed by atoms with Crippen LogP contribution in [0.1, 0.15) is 5.69 Å². The maximum atomic E-state index is 4.50. The van der Waals surface area contributed by atoms with E-state index in [1.807, 2.05) is 30.9 Å². The highest BCUT2D eigenvalue weighted by Crippen LogP contribution is 2.31. The van der Waals surface area contributed by atoms with Gasteiger partial charge in [-0.15, -0.1) is 0 Å². The minimum absolute atomic E-state index is 0.831. The van der Waals surface area contributed by atoms with Crippen molar-refractivity contribution in [1.29, 1.82) is 0 Å². The second-order valence-corrected chi connectivity index (χ2v) is 5.20. The lowest BCUT2D eigenvalue weighted by Gasteiger charge is -1.94. The molecule has 0 saturated carbocycles. The number of aryl methyl sites for hydroxylation is 1. The van der Waals surface area contributed by atoms with Crippen molar-refractivity contribution < 1.29 is 4.57 Å². The summed E-state index contributed by atoms with van der Waals surface area (Å²) >= 11 is 0. The van der Waals surface area contributed by atoms with Crippen LogP contribution in [-0.4, -0.2) is 18.9 Å². The summed E-state index contributed by atoms with van der Waals surface area (Å²) in [6, 6.07) is 4.15. The minimum Gasteiger partial charge on any atom is -0.313 e. The van der Waals surface area contributed by atoms with Crippen LogP contribution in [0.2, 0.25) is 0 Å². The Morgan fingerprint density at radius 3 is 3.15 bits per heavy atom. The van der Waals surface area contributed by atoms with Crippen molar-refractivity contribution in [2.75, 3.05) is 0 Å². The molecule has 0 fully saturated rings. The Morgan fingerprint density at radius 1 is 1.25 bits per heavy atom. The predicted octanol–water partition coefficient (Wildman–Crippen LogP) is 1.54. The lowest BCUT2D eigenvalue weighted by Crippen LogP contribution is -2.31. The molecular formula is C15H12N5+. The zero-order valence-corrected chi connectivity index (χ0v) is 11.0. The monoisotopic (exact) mass is 262 g/mol. The van der Waals surface area contributed by atoms with Gasteiger partial charge in [0.25, 0.3) is 5.82 Å². The fourth-order valence-electron chi connectivity index (χ4n) is 3.31. The Bertz CT molecular complexity index is 992. The van der Waals surface area contributed by atoms with E-state index in [0.717, 1.165) is 17.8 Å². The molecule has 5 rings (SSSR count). The number of hydrogen-bond acceptors (Lipinski definition) is 2. The maximum Gasteiger partial charge on any atom is 0.292 e. The van der Waals surface area contributed by atoms with Gasteiger partial charge in [0.15, 0.2) is 5.52 Å². The van der Waals surface area contributed by atoms with Crippen LogP contribution in [0.15, 0.2) is 43.1 Å². The number of imidazole rings is 1. The van der Waals surface area contributed by atoms with Gasteiger partial charge in [-0.25, -0.2) is 9.13 Å². The van der Waals surface area contributed by atoms with E-state index in [9.17, 15) is 0 Å². The van der Waals surface area contributed by atoms with Crippen LogP contribution < -0.4 is 4.57 Å². The summed E-state index contributed by atoms with van der Waals surface area (Å²) in [6.07, 6.45) is 9.75. The first-order valence-electron chi connectivity index (χ1n) is 6.62. The molecular weight excluding hydrogens is 250 g/mol. The van der Waals surface area contributed by atoms with Crippen molar-refractivity contribution in [2.45, 2.75) is 6.54 Å². The highest BCUT2D eigenvalue weighted by Gasteiger charge is 2.34. The van der Waals surface area contributed by atoms with E-state index in [1.54, 1.807) is 0 Å². The van der Waals surface area contributed by atoms with Gasteiger partial charge in [0.2, 0.25) is 5.52 Å². The van der Waals surface area contributed by atoms with E-state index < -0.39 is 0 Å². The molecule has 0 radical (unpaired) electrons. The van der Waals surface area contributed by atoms with Gasteiger partial charge in [-0.2, -0.15) is 0 Å². The Kier molecular flexibility index (Phi) is 1.65. The molecule has 0 amide bonds. The van der Waals surface area contributed by atoms with E-state index in [-0.39, 0.29) is 0 Å². The van der Waals surface area contributed by atoms with Crippen molar-refractivity contribution in [3.63, 3.8) is 0 Å². The third-order valence-electron chi connectivity index (χ3n) is 4.18. The quantitative estimate of drug-likeness (QED) is 0.397. The molecule has 0 aliphatic carbocycles. The molecule has 0 spiro atoms. The van der Waals surface area contributed by atoms with Crippen molar-refractivity contribution >= 4 is 16.6 Å². The molecule has 5 nitrogen and oxygen atoms in total. The molecule has 5 heteroatoms. The van der Waals surface area contributed by atoms with E-state index in [2.05, 4.69) is 42.8 Å². The van der Waals surface area contributed by atoms with E-state index in [4.69, 9.17) is 0 Å². The average molecular weight is 262 g/mol. The van der Waals surface area contributed by atoms with Gasteiger partial charge < -0.3 is 4.40 Å². The molecule has 0 N–H and O–H groups in total. The van der Waals surface area contributed by atoms with Gasteiger partial charge in [0.1, 0.15) is 12.1 Å². The SMILES string of the molecule is Cn1c2[n+](c3c1cn1ccncc31)Cc1ncccc1-2. The maximum absolute atomic E-state index is 4.50. The molecule has 0 unspecified atom stereocenters. The number of pyridine rings is 1. The molecule has 0 aromatic carbocycles. The van der Waals surface area contributed by atoms with Gasteiger partial charge >= 0.3 is 0 Å². The topological polar surface area (TPSA) is 39.0 Å². The van der Waals surface area contributed by atoms with Gasteiger partial charge in [0, 0.05) is 18.6 Å². The first-order chi connectivity index (χ1) is 9.84. The summed E-state index contributed by atoms with van der Waals surface area (Å²) in [7, 11) is 2.11. The Hall–Kier alpha value is -2.69. The fourth-order valence-corrected chi connectivity index (χ4v) is 3.31. The van der Waals surface area contributed by atoms with Crippen molar-refractivity contribution in [1.82, 2.24) is 18.9 Å². The predicted molar refractivity (Wildman–Crippen MR) is 74.2 cm³/mol. The Morgan fingerprint density at radius 2 is 2.20 bits per heavy atom. The largest absolute Gasteiger partial charge is 0.313 e. The molecule has 1 aliphatic rings. The standard InChI is InChI=1S/C15H12N5/c1-18-13-9-19-6-5-16-7-12(19)14(13)20-8-11-10(15(18)20)3-2-4-17-11/h2-7,9H,8H2,1H3/q+1. The number of hydrogen-bond donors (Lipinski definition) is 0. The second-order valence-electron chi connectivity index (χ2n) is 5.20. The third-order valence-corrected chi connectivity index (χ3v) is 4.18. The molecule has 5 heterocycles. The molecule has 4 aromatic rings. The second kappa shape index (κ2) is 3.25. The first-order valence-corrected chi connectivity index (χ1v) is 6.62. The fraction of sp³-hybridized carbons (Fsp3) is 0.133. The lowest BCUT2D eigenvalue weighted by molar-refractivity contribution is -0.645. The summed E-state index contributed by atoms with van der Waals surface area (Å²) in [5.41, 5.74) is 5.96. The zero-order valence-electron chi connectivity index (χ0n) is 11.0. The normalized spacial score (nSPS) is 13.1. The zero-order chi connectivity index (χ0) is 13.3. The Balaban J connectivity index is 1.99. The van der Waals surface area contributed by atoms with Crippen molar-refractivity contribution in [3.05, 3.63) is 48.8 Å². The highest BCUT2D eigenvalue weighted by atomic mass is 15.2. The summed E-state index contributed by atoms with van der Waals surface area (Å²) in [6.45, 7) is 0.831. The summed E-state index contributed by atoms with van der Waals surface area (Å²) in [4.78, 5) is 8.76. The van der Waals surface area contributed by atoms with Crippen LogP contribution in [0.4, 0.5) is 0 Å². The number of rotatable bonds is 0. The summed E-state index contributed by atoms with van der Waals surface area (Å²) in [5, 5.41) is 0. The van der Waals surface area contributed by atoms with Gasteiger partial charge in [-0.05, 0) is 12.1 Å². The summed E-state index contributed by atoms with van der Waals surface area (Å²) in [5.74, 6) is 1.23. The molecule has 0 atom stereocenters. The van der Waals surface area contributed by atoms with Crippen LogP contribution >= 0.6 is 0 Å². The summed E-state index contributed by atoms with van der Waals surface area (Å²) < 4.78 is 6.71. The molecule has 4 aromatic heterocycles. The van der Waals surface area contributed by atoms with E-state index >= 15 is 0 Å². The van der Waals surface area contributed by atoms with Crippen LogP contribution in [0, 0.1) is 0 Å². The van der Waals surface area contributed by atoms with Crippen LogP contribution in [-0.2, 0) is 13.6 Å². The van der Waals surface area contributed by atoms with Crippen molar-refractivity contribution in [3.8, 4) is 11.4 Å². The average Bonchev–Trinajstić information content (AvgIpc) is 3.10. The number of fused-ring (bicyclic) bond motifs is 7. The van der Waals surface area contributed by atoms with E-state index in [0.29, 0.717) is 0 Å². The smallest absolute Gasteiger partial charge is 0.292 e.